The molecule has 0 spiro atoms. The Morgan fingerprint density at radius 3 is 2.31 bits per heavy atom. The fourth-order valence-corrected chi connectivity index (χ4v) is 5.31. The molecule has 0 saturated carbocycles. The molecule has 0 aliphatic carbocycles. The van der Waals surface area contributed by atoms with Crippen molar-refractivity contribution in [3.63, 3.8) is 0 Å². The predicted molar refractivity (Wildman–Crippen MR) is 164 cm³/mol. The SMILES string of the molecule is Cc1ccc(COc2cccc(/C=C3\SC(=Nc4ccc(C)c(Cl)c4)N(c4ccc(C)c(Cl)c4)C3=O)c2)cc1. The first kappa shape index (κ1) is 27.1. The number of carbonyl (C=O) groups excluding carboxylic acids is 1. The maximum Gasteiger partial charge on any atom is 0.271 e. The molecule has 7 heteroatoms. The van der Waals surface area contributed by atoms with Crippen LogP contribution in [0.1, 0.15) is 27.8 Å². The highest BCUT2D eigenvalue weighted by Crippen LogP contribution is 2.39. The summed E-state index contributed by atoms with van der Waals surface area (Å²) in [5.74, 6) is 0.550. The molecule has 5 rings (SSSR count). The van der Waals surface area contributed by atoms with Crippen LogP contribution < -0.4 is 9.64 Å². The Kier molecular flexibility index (Phi) is 8.12. The van der Waals surface area contributed by atoms with Gasteiger partial charge in [-0.05, 0) is 97.3 Å². The molecule has 4 aromatic carbocycles. The number of amides is 1. The molecule has 196 valence electrons. The van der Waals surface area contributed by atoms with Gasteiger partial charge in [0.1, 0.15) is 12.4 Å². The molecule has 0 atom stereocenters. The predicted octanol–water partition coefficient (Wildman–Crippen LogP) is 9.31. The van der Waals surface area contributed by atoms with Crippen molar-refractivity contribution < 1.29 is 9.53 Å². The summed E-state index contributed by atoms with van der Waals surface area (Å²) in [6.45, 7) is 6.39. The van der Waals surface area contributed by atoms with Crippen LogP contribution in [-0.4, -0.2) is 11.1 Å². The summed E-state index contributed by atoms with van der Waals surface area (Å²) in [5.41, 5.74) is 6.37. The van der Waals surface area contributed by atoms with Crippen molar-refractivity contribution in [3.05, 3.63) is 128 Å². The van der Waals surface area contributed by atoms with Gasteiger partial charge in [-0.3, -0.25) is 9.69 Å². The lowest BCUT2D eigenvalue weighted by atomic mass is 10.1. The number of rotatable bonds is 6. The Morgan fingerprint density at radius 2 is 1.59 bits per heavy atom. The zero-order valence-corrected chi connectivity index (χ0v) is 24.1. The van der Waals surface area contributed by atoms with Gasteiger partial charge in [0.2, 0.25) is 0 Å². The van der Waals surface area contributed by atoms with Crippen LogP contribution in [0.4, 0.5) is 11.4 Å². The number of anilines is 1. The Hall–Kier alpha value is -3.51. The van der Waals surface area contributed by atoms with E-state index < -0.39 is 0 Å². The van der Waals surface area contributed by atoms with Crippen molar-refractivity contribution in [2.75, 3.05) is 4.90 Å². The third-order valence-electron chi connectivity index (χ3n) is 6.28. The average molecular weight is 574 g/mol. The van der Waals surface area contributed by atoms with Crippen LogP contribution in [0, 0.1) is 20.8 Å². The summed E-state index contributed by atoms with van der Waals surface area (Å²) in [7, 11) is 0. The van der Waals surface area contributed by atoms with Gasteiger partial charge in [-0.25, -0.2) is 4.99 Å². The number of halogens is 2. The molecule has 0 N–H and O–H groups in total. The van der Waals surface area contributed by atoms with Gasteiger partial charge in [0.25, 0.3) is 5.91 Å². The van der Waals surface area contributed by atoms with E-state index in [-0.39, 0.29) is 5.91 Å². The highest BCUT2D eigenvalue weighted by molar-refractivity contribution is 8.19. The summed E-state index contributed by atoms with van der Waals surface area (Å²) >= 11 is 14.1. The highest BCUT2D eigenvalue weighted by atomic mass is 35.5. The van der Waals surface area contributed by atoms with Crippen LogP contribution in [0.5, 0.6) is 5.75 Å². The molecule has 0 unspecified atom stereocenters. The molecule has 39 heavy (non-hydrogen) atoms. The number of benzene rings is 4. The number of hydrogen-bond acceptors (Lipinski definition) is 4. The zero-order valence-electron chi connectivity index (χ0n) is 21.7. The lowest BCUT2D eigenvalue weighted by Crippen LogP contribution is -2.28. The molecular formula is C32H26Cl2N2O2S. The van der Waals surface area contributed by atoms with Gasteiger partial charge in [-0.15, -0.1) is 0 Å². The Balaban J connectivity index is 1.46. The van der Waals surface area contributed by atoms with E-state index in [1.807, 2.05) is 68.5 Å². The molecule has 1 saturated heterocycles. The van der Waals surface area contributed by atoms with Gasteiger partial charge in [-0.2, -0.15) is 0 Å². The van der Waals surface area contributed by atoms with E-state index >= 15 is 0 Å². The van der Waals surface area contributed by atoms with E-state index in [0.717, 1.165) is 28.0 Å². The molecule has 1 amide bonds. The first-order valence-corrected chi connectivity index (χ1v) is 14.0. The number of ether oxygens (including phenoxy) is 1. The average Bonchev–Trinajstić information content (AvgIpc) is 3.21. The maximum atomic E-state index is 13.7. The minimum absolute atomic E-state index is 0.178. The molecule has 1 aliphatic heterocycles. The standard InChI is InChI=1S/C32H26Cl2N2O2S/c1-20-7-11-23(12-8-20)19-38-27-6-4-5-24(15-27)16-30-31(37)36(26-14-10-22(3)29(34)18-26)32(39-30)35-25-13-9-21(2)28(33)17-25/h4-18H,19H2,1-3H3/b30-16-,35-32?. The van der Waals surface area contributed by atoms with E-state index in [1.54, 1.807) is 17.0 Å². The fourth-order valence-electron chi connectivity index (χ4n) is 3.96. The third kappa shape index (κ3) is 6.39. The number of nitrogens with zero attached hydrogens (tertiary/aromatic N) is 2. The van der Waals surface area contributed by atoms with Gasteiger partial charge in [0.05, 0.1) is 16.3 Å². The quantitative estimate of drug-likeness (QED) is 0.216. The Labute approximate surface area is 242 Å². The van der Waals surface area contributed by atoms with Gasteiger partial charge < -0.3 is 4.74 Å². The van der Waals surface area contributed by atoms with E-state index in [2.05, 4.69) is 31.2 Å². The van der Waals surface area contributed by atoms with E-state index in [9.17, 15) is 4.79 Å². The number of thioether (sulfide) groups is 1. The number of carbonyl (C=O) groups is 1. The first-order chi connectivity index (χ1) is 18.8. The van der Waals surface area contributed by atoms with Gasteiger partial charge in [-0.1, -0.05) is 77.3 Å². The number of aryl methyl sites for hydroxylation is 3. The lowest BCUT2D eigenvalue weighted by Gasteiger charge is -2.16. The van der Waals surface area contributed by atoms with E-state index in [4.69, 9.17) is 32.9 Å². The number of amidine groups is 1. The van der Waals surface area contributed by atoms with E-state index in [1.165, 1.54) is 17.3 Å². The Morgan fingerprint density at radius 1 is 0.872 bits per heavy atom. The van der Waals surface area contributed by atoms with Crippen molar-refractivity contribution in [2.45, 2.75) is 27.4 Å². The van der Waals surface area contributed by atoms with Crippen molar-refractivity contribution >= 4 is 63.5 Å². The second-order valence-electron chi connectivity index (χ2n) is 9.36. The minimum atomic E-state index is -0.178. The molecule has 0 bridgehead atoms. The molecule has 0 aromatic heterocycles. The van der Waals surface area contributed by atoms with Crippen LogP contribution in [0.3, 0.4) is 0 Å². The summed E-state index contributed by atoms with van der Waals surface area (Å²) in [4.78, 5) is 20.6. The summed E-state index contributed by atoms with van der Waals surface area (Å²) in [5, 5.41) is 1.73. The molecule has 1 aliphatic rings. The van der Waals surface area contributed by atoms with Crippen LogP contribution in [0.2, 0.25) is 10.0 Å². The van der Waals surface area contributed by atoms with Crippen LogP contribution in [0.15, 0.2) is 94.8 Å². The van der Waals surface area contributed by atoms with Gasteiger partial charge in [0.15, 0.2) is 5.17 Å². The lowest BCUT2D eigenvalue weighted by molar-refractivity contribution is -0.113. The monoisotopic (exact) mass is 572 g/mol. The Bertz CT molecular complexity index is 1610. The van der Waals surface area contributed by atoms with Gasteiger partial charge >= 0.3 is 0 Å². The largest absolute Gasteiger partial charge is 0.489 e. The van der Waals surface area contributed by atoms with Crippen LogP contribution in [0.25, 0.3) is 6.08 Å². The smallest absolute Gasteiger partial charge is 0.271 e. The fraction of sp³-hybridized carbons (Fsp3) is 0.125. The first-order valence-electron chi connectivity index (χ1n) is 12.4. The summed E-state index contributed by atoms with van der Waals surface area (Å²) in [6, 6.07) is 27.1. The third-order valence-corrected chi connectivity index (χ3v) is 8.07. The molecule has 1 heterocycles. The summed E-state index contributed by atoms with van der Waals surface area (Å²) in [6.07, 6.45) is 1.86. The van der Waals surface area contributed by atoms with Crippen LogP contribution in [-0.2, 0) is 11.4 Å². The molecule has 4 nitrogen and oxygen atoms in total. The number of hydrogen-bond donors (Lipinski definition) is 0. The van der Waals surface area contributed by atoms with Crippen molar-refractivity contribution in [3.8, 4) is 5.75 Å². The molecular weight excluding hydrogens is 547 g/mol. The highest BCUT2D eigenvalue weighted by Gasteiger charge is 2.35. The van der Waals surface area contributed by atoms with Crippen molar-refractivity contribution in [1.29, 1.82) is 0 Å². The van der Waals surface area contributed by atoms with Gasteiger partial charge in [0, 0.05) is 10.0 Å². The molecule has 4 aromatic rings. The second kappa shape index (κ2) is 11.7. The van der Waals surface area contributed by atoms with Crippen molar-refractivity contribution in [2.24, 2.45) is 4.99 Å². The van der Waals surface area contributed by atoms with Crippen molar-refractivity contribution in [1.82, 2.24) is 0 Å². The molecule has 0 radical (unpaired) electrons. The van der Waals surface area contributed by atoms with E-state index in [0.29, 0.717) is 38.1 Å². The topological polar surface area (TPSA) is 41.9 Å². The second-order valence-corrected chi connectivity index (χ2v) is 11.2. The number of aliphatic imine (C=N–C) groups is 1. The summed E-state index contributed by atoms with van der Waals surface area (Å²) < 4.78 is 6.02. The zero-order chi connectivity index (χ0) is 27.5. The van der Waals surface area contributed by atoms with Crippen LogP contribution >= 0.6 is 35.0 Å². The maximum absolute atomic E-state index is 13.7. The normalized spacial score (nSPS) is 15.4. The molecule has 1 fully saturated rings. The minimum Gasteiger partial charge on any atom is -0.489 e.